The highest BCUT2D eigenvalue weighted by atomic mass is 35.5. The van der Waals surface area contributed by atoms with Gasteiger partial charge in [0.15, 0.2) is 0 Å². The number of aryl methyl sites for hydroxylation is 1. The minimum Gasteiger partial charge on any atom is -0.477 e. The molecule has 0 atom stereocenters. The summed E-state index contributed by atoms with van der Waals surface area (Å²) >= 11 is 5.90. The molecule has 7 heteroatoms. The van der Waals surface area contributed by atoms with Gasteiger partial charge in [-0.05, 0) is 42.8 Å². The number of carboxylic acid groups (broad SMARTS) is 1. The number of nitro groups is 1. The van der Waals surface area contributed by atoms with Gasteiger partial charge in [0.1, 0.15) is 17.1 Å². The van der Waals surface area contributed by atoms with Gasteiger partial charge in [0.2, 0.25) is 0 Å². The summed E-state index contributed by atoms with van der Waals surface area (Å²) in [4.78, 5) is 21.1. The molecule has 0 fully saturated rings. The lowest BCUT2D eigenvalue weighted by Gasteiger charge is -2.08. The Morgan fingerprint density at radius 2 is 1.86 bits per heavy atom. The lowest BCUT2D eigenvalue weighted by atomic mass is 10.1. The zero-order chi connectivity index (χ0) is 15.6. The number of nitro benzene ring substituents is 1. The molecule has 2 rings (SSSR count). The highest BCUT2D eigenvalue weighted by Crippen LogP contribution is 2.30. The molecule has 0 aliphatic rings. The summed E-state index contributed by atoms with van der Waals surface area (Å²) in [6.45, 7) is 1.80. The van der Waals surface area contributed by atoms with Gasteiger partial charge in [0, 0.05) is 5.02 Å². The molecule has 21 heavy (non-hydrogen) atoms. The van der Waals surface area contributed by atoms with Crippen molar-refractivity contribution < 1.29 is 19.6 Å². The number of halogens is 1. The molecule has 0 spiro atoms. The first kappa shape index (κ1) is 14.8. The Hall–Kier alpha value is -2.60. The van der Waals surface area contributed by atoms with E-state index in [0.29, 0.717) is 10.8 Å². The van der Waals surface area contributed by atoms with Gasteiger partial charge in [0.05, 0.1) is 11.0 Å². The van der Waals surface area contributed by atoms with E-state index in [1.807, 2.05) is 0 Å². The third-order valence-corrected chi connectivity index (χ3v) is 3.19. The number of rotatable bonds is 4. The molecule has 108 valence electrons. The SMILES string of the molecule is Cc1cc(Oc2ccc(C(=O)O)c([N+](=O)[O-])c2)ccc1Cl. The van der Waals surface area contributed by atoms with Crippen LogP contribution in [0.2, 0.25) is 5.02 Å². The molecule has 0 amide bonds. The van der Waals surface area contributed by atoms with Crippen molar-refractivity contribution in [1.82, 2.24) is 0 Å². The van der Waals surface area contributed by atoms with Crippen molar-refractivity contribution in [3.8, 4) is 11.5 Å². The molecule has 0 saturated carbocycles. The van der Waals surface area contributed by atoms with Gasteiger partial charge in [-0.15, -0.1) is 0 Å². The van der Waals surface area contributed by atoms with Crippen LogP contribution in [0.15, 0.2) is 36.4 Å². The number of hydrogen-bond acceptors (Lipinski definition) is 4. The molecule has 0 aliphatic carbocycles. The highest BCUT2D eigenvalue weighted by Gasteiger charge is 2.20. The van der Waals surface area contributed by atoms with E-state index < -0.39 is 16.6 Å². The second kappa shape index (κ2) is 5.80. The fourth-order valence-electron chi connectivity index (χ4n) is 1.72. The van der Waals surface area contributed by atoms with Gasteiger partial charge in [-0.25, -0.2) is 4.79 Å². The highest BCUT2D eigenvalue weighted by molar-refractivity contribution is 6.31. The molecule has 0 radical (unpaired) electrons. The largest absolute Gasteiger partial charge is 0.477 e. The predicted molar refractivity (Wildman–Crippen MR) is 76.3 cm³/mol. The number of hydrogen-bond donors (Lipinski definition) is 1. The van der Waals surface area contributed by atoms with Crippen LogP contribution < -0.4 is 4.74 Å². The van der Waals surface area contributed by atoms with E-state index in [9.17, 15) is 14.9 Å². The third-order valence-electron chi connectivity index (χ3n) is 2.76. The smallest absolute Gasteiger partial charge is 0.342 e. The van der Waals surface area contributed by atoms with Gasteiger partial charge in [-0.1, -0.05) is 11.6 Å². The fourth-order valence-corrected chi connectivity index (χ4v) is 1.84. The molecule has 0 bridgehead atoms. The predicted octanol–water partition coefficient (Wildman–Crippen LogP) is 4.05. The maximum absolute atomic E-state index is 10.9. The van der Waals surface area contributed by atoms with Crippen molar-refractivity contribution >= 4 is 23.3 Å². The van der Waals surface area contributed by atoms with Crippen molar-refractivity contribution in [3.63, 3.8) is 0 Å². The first-order valence-electron chi connectivity index (χ1n) is 5.84. The molecule has 2 aromatic carbocycles. The minimum atomic E-state index is -1.37. The Bertz CT molecular complexity index is 729. The van der Waals surface area contributed by atoms with Crippen molar-refractivity contribution in [2.75, 3.05) is 0 Å². The van der Waals surface area contributed by atoms with E-state index in [2.05, 4.69) is 0 Å². The molecule has 0 heterocycles. The molecular formula is C14H10ClNO5. The zero-order valence-corrected chi connectivity index (χ0v) is 11.6. The molecule has 0 aliphatic heterocycles. The maximum Gasteiger partial charge on any atom is 0.342 e. The molecule has 0 unspecified atom stereocenters. The van der Waals surface area contributed by atoms with Crippen LogP contribution in [0.4, 0.5) is 5.69 Å². The van der Waals surface area contributed by atoms with E-state index in [1.54, 1.807) is 25.1 Å². The van der Waals surface area contributed by atoms with E-state index in [0.717, 1.165) is 17.7 Å². The minimum absolute atomic E-state index is 0.174. The second-order valence-corrected chi connectivity index (χ2v) is 4.66. The van der Waals surface area contributed by atoms with Gasteiger partial charge >= 0.3 is 5.97 Å². The van der Waals surface area contributed by atoms with Crippen molar-refractivity contribution in [2.45, 2.75) is 6.92 Å². The summed E-state index contributed by atoms with van der Waals surface area (Å²) in [7, 11) is 0. The van der Waals surface area contributed by atoms with Gasteiger partial charge in [-0.3, -0.25) is 10.1 Å². The first-order chi connectivity index (χ1) is 9.88. The zero-order valence-electron chi connectivity index (χ0n) is 10.9. The second-order valence-electron chi connectivity index (χ2n) is 4.25. The van der Waals surface area contributed by atoms with Crippen LogP contribution in [0.5, 0.6) is 11.5 Å². The molecular weight excluding hydrogens is 298 g/mol. The van der Waals surface area contributed by atoms with Crippen LogP contribution >= 0.6 is 11.6 Å². The van der Waals surface area contributed by atoms with Crippen LogP contribution in [0.1, 0.15) is 15.9 Å². The van der Waals surface area contributed by atoms with Crippen molar-refractivity contribution in [2.24, 2.45) is 0 Å². The normalized spacial score (nSPS) is 10.2. The number of nitrogens with zero attached hydrogens (tertiary/aromatic N) is 1. The molecule has 6 nitrogen and oxygen atoms in total. The Balaban J connectivity index is 2.36. The monoisotopic (exact) mass is 307 g/mol. The van der Waals surface area contributed by atoms with Crippen LogP contribution in [0, 0.1) is 17.0 Å². The summed E-state index contributed by atoms with van der Waals surface area (Å²) < 4.78 is 5.48. The van der Waals surface area contributed by atoms with E-state index >= 15 is 0 Å². The lowest BCUT2D eigenvalue weighted by Crippen LogP contribution is -2.02. The summed E-state index contributed by atoms with van der Waals surface area (Å²) in [5, 5.41) is 20.4. The first-order valence-corrected chi connectivity index (χ1v) is 6.22. The topological polar surface area (TPSA) is 89.7 Å². The van der Waals surface area contributed by atoms with Crippen molar-refractivity contribution in [1.29, 1.82) is 0 Å². The quantitative estimate of drug-likeness (QED) is 0.680. The van der Waals surface area contributed by atoms with Crippen LogP contribution in [0.3, 0.4) is 0 Å². The summed E-state index contributed by atoms with van der Waals surface area (Å²) in [6, 6.07) is 8.52. The number of aromatic carboxylic acids is 1. The standard InChI is InChI=1S/C14H10ClNO5/c1-8-6-9(3-5-12(8)15)21-10-2-4-11(14(17)18)13(7-10)16(19)20/h2-7H,1H3,(H,17,18). The molecule has 2 aromatic rings. The van der Waals surface area contributed by atoms with Gasteiger partial charge in [0.25, 0.3) is 5.69 Å². The molecule has 1 N–H and O–H groups in total. The maximum atomic E-state index is 10.9. The number of carboxylic acids is 1. The van der Waals surface area contributed by atoms with Crippen LogP contribution in [0.25, 0.3) is 0 Å². The number of benzene rings is 2. The van der Waals surface area contributed by atoms with E-state index in [1.165, 1.54) is 6.07 Å². The van der Waals surface area contributed by atoms with Crippen molar-refractivity contribution in [3.05, 3.63) is 62.7 Å². The van der Waals surface area contributed by atoms with E-state index in [4.69, 9.17) is 21.4 Å². The Morgan fingerprint density at radius 1 is 1.24 bits per heavy atom. The van der Waals surface area contributed by atoms with Crippen LogP contribution in [-0.4, -0.2) is 16.0 Å². The number of carbonyl (C=O) groups is 1. The summed E-state index contributed by atoms with van der Waals surface area (Å²) in [5.74, 6) is -0.738. The Labute approximate surface area is 124 Å². The van der Waals surface area contributed by atoms with Crippen LogP contribution in [-0.2, 0) is 0 Å². The molecule has 0 aromatic heterocycles. The average Bonchev–Trinajstić information content (AvgIpc) is 2.42. The van der Waals surface area contributed by atoms with E-state index in [-0.39, 0.29) is 11.3 Å². The van der Waals surface area contributed by atoms with Gasteiger partial charge < -0.3 is 9.84 Å². The fraction of sp³-hybridized carbons (Fsp3) is 0.0714. The number of ether oxygens (including phenoxy) is 1. The molecule has 0 saturated heterocycles. The Morgan fingerprint density at radius 3 is 2.43 bits per heavy atom. The average molecular weight is 308 g/mol. The summed E-state index contributed by atoms with van der Waals surface area (Å²) in [5.41, 5.74) is -0.115. The third kappa shape index (κ3) is 3.29. The lowest BCUT2D eigenvalue weighted by molar-refractivity contribution is -0.385. The summed E-state index contributed by atoms with van der Waals surface area (Å²) in [6.07, 6.45) is 0. The Kier molecular flexibility index (Phi) is 4.09. The van der Waals surface area contributed by atoms with Gasteiger partial charge in [-0.2, -0.15) is 0 Å².